The van der Waals surface area contributed by atoms with E-state index in [-0.39, 0.29) is 24.1 Å². The summed E-state index contributed by atoms with van der Waals surface area (Å²) in [5, 5.41) is 0. The molecule has 166 valence electrons. The van der Waals surface area contributed by atoms with Crippen molar-refractivity contribution in [1.29, 1.82) is 0 Å². The number of thiocarbonyl (C=S) groups is 1. The molecule has 1 aliphatic heterocycles. The van der Waals surface area contributed by atoms with E-state index in [1.54, 1.807) is 29.2 Å². The van der Waals surface area contributed by atoms with Crippen LogP contribution in [0.15, 0.2) is 64.0 Å². The Morgan fingerprint density at radius 1 is 1.00 bits per heavy atom. The average Bonchev–Trinajstić information content (AvgIpc) is 3.05. The molecule has 0 spiro atoms. The van der Waals surface area contributed by atoms with Gasteiger partial charge in [-0.15, -0.1) is 0 Å². The third-order valence-corrected chi connectivity index (χ3v) is 6.58. The topological polar surface area (TPSA) is 78.5 Å². The lowest BCUT2D eigenvalue weighted by Crippen LogP contribution is -2.41. The first-order valence-corrected chi connectivity index (χ1v) is 12.1. The summed E-state index contributed by atoms with van der Waals surface area (Å²) in [5.74, 6) is -0.701. The largest absolute Gasteiger partial charge is 0.293 e. The van der Waals surface area contributed by atoms with Crippen LogP contribution >= 0.6 is 39.9 Å². The van der Waals surface area contributed by atoms with E-state index in [4.69, 9.17) is 12.2 Å². The van der Waals surface area contributed by atoms with Crippen LogP contribution in [-0.2, 0) is 9.59 Å². The Bertz CT molecular complexity index is 1030. The summed E-state index contributed by atoms with van der Waals surface area (Å²) in [6.45, 7) is 0.527. The number of hydrazine groups is 1. The smallest absolute Gasteiger partial charge is 0.269 e. The Labute approximate surface area is 204 Å². The molecule has 2 aromatic carbocycles. The molecule has 0 aromatic heterocycles. The number of benzene rings is 2. The first kappa shape index (κ1) is 24.2. The van der Waals surface area contributed by atoms with Crippen molar-refractivity contribution in [3.05, 3.63) is 75.1 Å². The van der Waals surface area contributed by atoms with Crippen LogP contribution in [0.2, 0.25) is 0 Å². The van der Waals surface area contributed by atoms with Gasteiger partial charge in [-0.3, -0.25) is 30.1 Å². The molecule has 0 aliphatic carbocycles. The summed E-state index contributed by atoms with van der Waals surface area (Å²) in [7, 11) is 0. The predicted octanol–water partition coefficient (Wildman–Crippen LogP) is 4.67. The van der Waals surface area contributed by atoms with E-state index in [0.717, 1.165) is 22.9 Å². The number of rotatable bonds is 8. The molecule has 9 heteroatoms. The molecule has 3 rings (SSSR count). The van der Waals surface area contributed by atoms with E-state index in [1.165, 1.54) is 11.8 Å². The molecule has 1 saturated heterocycles. The number of amides is 3. The maximum absolute atomic E-state index is 12.6. The molecule has 0 saturated carbocycles. The number of thioether (sulfide) groups is 1. The van der Waals surface area contributed by atoms with Gasteiger partial charge in [0.1, 0.15) is 4.32 Å². The quantitative estimate of drug-likeness (QED) is 0.224. The Hall–Kier alpha value is -2.49. The molecule has 0 bridgehead atoms. The normalized spacial score (nSPS) is 14.7. The Morgan fingerprint density at radius 2 is 1.72 bits per heavy atom. The van der Waals surface area contributed by atoms with E-state index < -0.39 is 0 Å². The monoisotopic (exact) mass is 531 g/mol. The fourth-order valence-electron chi connectivity index (χ4n) is 2.99. The third-order valence-electron chi connectivity index (χ3n) is 4.68. The zero-order valence-electron chi connectivity index (χ0n) is 17.2. The van der Waals surface area contributed by atoms with Gasteiger partial charge in [0.2, 0.25) is 5.91 Å². The van der Waals surface area contributed by atoms with Crippen molar-refractivity contribution in [2.24, 2.45) is 0 Å². The molecule has 2 N–H and O–H groups in total. The minimum Gasteiger partial charge on any atom is -0.293 e. The zero-order chi connectivity index (χ0) is 22.9. The summed E-state index contributed by atoms with van der Waals surface area (Å²) in [4.78, 5) is 38.8. The van der Waals surface area contributed by atoms with Crippen molar-refractivity contribution in [1.82, 2.24) is 15.8 Å². The third kappa shape index (κ3) is 7.01. The Kier molecular flexibility index (Phi) is 9.01. The molecule has 1 fully saturated rings. The number of carbonyl (C=O) groups excluding carboxylic acids is 3. The zero-order valence-corrected chi connectivity index (χ0v) is 20.4. The fourth-order valence-corrected chi connectivity index (χ4v) is 4.56. The van der Waals surface area contributed by atoms with E-state index in [1.807, 2.05) is 36.4 Å². The van der Waals surface area contributed by atoms with Gasteiger partial charge in [0.15, 0.2) is 0 Å². The van der Waals surface area contributed by atoms with Crippen molar-refractivity contribution >= 4 is 68.0 Å². The highest BCUT2D eigenvalue weighted by Gasteiger charge is 2.31. The average molecular weight is 532 g/mol. The maximum atomic E-state index is 12.6. The van der Waals surface area contributed by atoms with Gasteiger partial charge in [-0.2, -0.15) is 0 Å². The van der Waals surface area contributed by atoms with Crippen LogP contribution in [0.4, 0.5) is 0 Å². The fraction of sp³-hybridized carbons (Fsp3) is 0.217. The van der Waals surface area contributed by atoms with Crippen molar-refractivity contribution in [2.45, 2.75) is 25.7 Å². The maximum Gasteiger partial charge on any atom is 0.269 e. The van der Waals surface area contributed by atoms with Crippen LogP contribution in [0.5, 0.6) is 0 Å². The molecule has 0 unspecified atom stereocenters. The minimum absolute atomic E-state index is 0.0720. The number of unbranched alkanes of at least 4 members (excludes halogenated alkanes) is 2. The predicted molar refractivity (Wildman–Crippen MR) is 135 cm³/mol. The summed E-state index contributed by atoms with van der Waals surface area (Å²) in [5.41, 5.74) is 6.25. The summed E-state index contributed by atoms with van der Waals surface area (Å²) in [6, 6.07) is 16.5. The second-order valence-electron chi connectivity index (χ2n) is 7.06. The number of halogens is 1. The molecular weight excluding hydrogens is 510 g/mol. The van der Waals surface area contributed by atoms with Gasteiger partial charge in [0.25, 0.3) is 11.8 Å². The number of nitrogens with zero attached hydrogens (tertiary/aromatic N) is 1. The lowest BCUT2D eigenvalue weighted by Gasteiger charge is -2.14. The van der Waals surface area contributed by atoms with Gasteiger partial charge in [-0.05, 0) is 48.7 Å². The van der Waals surface area contributed by atoms with Gasteiger partial charge >= 0.3 is 0 Å². The molecule has 6 nitrogen and oxygen atoms in total. The molecule has 0 atom stereocenters. The van der Waals surface area contributed by atoms with E-state index in [2.05, 4.69) is 26.8 Å². The van der Waals surface area contributed by atoms with Crippen LogP contribution in [0.1, 0.15) is 41.6 Å². The van der Waals surface area contributed by atoms with Gasteiger partial charge in [-0.1, -0.05) is 76.7 Å². The molecule has 2 aromatic rings. The van der Waals surface area contributed by atoms with Crippen LogP contribution in [0.3, 0.4) is 0 Å². The van der Waals surface area contributed by atoms with Gasteiger partial charge in [0, 0.05) is 23.0 Å². The van der Waals surface area contributed by atoms with Crippen LogP contribution < -0.4 is 10.9 Å². The van der Waals surface area contributed by atoms with Crippen LogP contribution in [0.25, 0.3) is 6.08 Å². The van der Waals surface area contributed by atoms with Crippen molar-refractivity contribution in [3.63, 3.8) is 0 Å². The SMILES string of the molecule is O=C(CCCCCN1C(=O)/C(=C/c2ccccc2)SC1=S)NNC(=O)c1ccc(Br)cc1. The standard InChI is InChI=1S/C23H22BrN3O3S2/c24-18-12-10-17(11-13-18)21(29)26-25-20(28)9-5-2-6-14-27-22(30)19(32-23(27)31)15-16-7-3-1-4-8-16/h1,3-4,7-8,10-13,15H,2,5-6,9,14H2,(H,25,28)(H,26,29)/b19-15-. The lowest BCUT2D eigenvalue weighted by molar-refractivity contribution is -0.123. The molecule has 3 amide bonds. The summed E-state index contributed by atoms with van der Waals surface area (Å²) in [6.07, 6.45) is 4.29. The molecular formula is C23H22BrN3O3S2. The van der Waals surface area contributed by atoms with Crippen LogP contribution in [-0.4, -0.2) is 33.5 Å². The first-order chi connectivity index (χ1) is 15.4. The first-order valence-electron chi connectivity index (χ1n) is 10.1. The second kappa shape index (κ2) is 11.9. The van der Waals surface area contributed by atoms with E-state index in [9.17, 15) is 14.4 Å². The molecule has 1 heterocycles. The Morgan fingerprint density at radius 3 is 2.44 bits per heavy atom. The highest BCUT2D eigenvalue weighted by atomic mass is 79.9. The highest BCUT2D eigenvalue weighted by molar-refractivity contribution is 9.10. The van der Waals surface area contributed by atoms with Crippen molar-refractivity contribution in [3.8, 4) is 0 Å². The number of hydrogen-bond acceptors (Lipinski definition) is 5. The molecule has 32 heavy (non-hydrogen) atoms. The minimum atomic E-state index is -0.372. The van der Waals surface area contributed by atoms with Gasteiger partial charge in [0.05, 0.1) is 4.91 Å². The van der Waals surface area contributed by atoms with Gasteiger partial charge in [-0.25, -0.2) is 0 Å². The summed E-state index contributed by atoms with van der Waals surface area (Å²) < 4.78 is 1.43. The van der Waals surface area contributed by atoms with Crippen LogP contribution in [0, 0.1) is 0 Å². The molecule has 1 aliphatic rings. The van der Waals surface area contributed by atoms with E-state index in [0.29, 0.717) is 27.8 Å². The van der Waals surface area contributed by atoms with E-state index >= 15 is 0 Å². The van der Waals surface area contributed by atoms with Crippen molar-refractivity contribution < 1.29 is 14.4 Å². The van der Waals surface area contributed by atoms with Crippen molar-refractivity contribution in [2.75, 3.05) is 6.54 Å². The molecule has 0 radical (unpaired) electrons. The van der Waals surface area contributed by atoms with Gasteiger partial charge < -0.3 is 0 Å². The summed E-state index contributed by atoms with van der Waals surface area (Å²) >= 11 is 9.98. The second-order valence-corrected chi connectivity index (χ2v) is 9.66. The number of carbonyl (C=O) groups is 3. The lowest BCUT2D eigenvalue weighted by atomic mass is 10.2. The number of hydrogen-bond donors (Lipinski definition) is 2. The Balaban J connectivity index is 1.34. The number of nitrogens with one attached hydrogen (secondary N) is 2. The highest BCUT2D eigenvalue weighted by Crippen LogP contribution is 2.32.